The number of halogens is 4. The minimum atomic E-state index is -4.98. The quantitative estimate of drug-likeness (QED) is 0.660. The van der Waals surface area contributed by atoms with E-state index in [0.29, 0.717) is 7.14 Å². The van der Waals surface area contributed by atoms with E-state index in [-0.39, 0.29) is 0 Å². The molecule has 118 valence electrons. The zero-order valence-corrected chi connectivity index (χ0v) is 14.1. The van der Waals surface area contributed by atoms with Crippen LogP contribution in [-0.2, 0) is 7.86 Å². The van der Waals surface area contributed by atoms with Crippen LogP contribution < -0.4 is 0 Å². The Hall–Kier alpha value is -1.57. The molecule has 0 aliphatic rings. The third-order valence-electron chi connectivity index (χ3n) is 2.80. The molecule has 0 saturated heterocycles. The summed E-state index contributed by atoms with van der Waals surface area (Å²) in [6, 6.07) is 14.1. The van der Waals surface area contributed by atoms with Gasteiger partial charge in [-0.15, -0.1) is 0 Å². The molecule has 0 bridgehead atoms. The van der Waals surface area contributed by atoms with E-state index < -0.39 is 32.4 Å². The van der Waals surface area contributed by atoms with Crippen molar-refractivity contribution in [3.63, 3.8) is 0 Å². The van der Waals surface area contributed by atoms with Gasteiger partial charge in [0.15, 0.2) is 0 Å². The molecule has 0 heterocycles. The number of benzene rings is 2. The summed E-state index contributed by atoms with van der Waals surface area (Å²) in [4.78, 5) is 11.2. The number of alkyl halides is 3. The Balaban J connectivity index is 2.38. The Labute approximate surface area is 134 Å². The van der Waals surface area contributed by atoms with E-state index in [9.17, 15) is 18.0 Å². The van der Waals surface area contributed by atoms with Crippen LogP contribution in [0.1, 0.15) is 11.1 Å². The van der Waals surface area contributed by atoms with Gasteiger partial charge in [0.05, 0.1) is 0 Å². The molecule has 2 rings (SSSR count). The first kappa shape index (κ1) is 16.8. The molecular weight excluding hydrogens is 408 g/mol. The van der Waals surface area contributed by atoms with E-state index >= 15 is 0 Å². The molecule has 6 heteroatoms. The Morgan fingerprint density at radius 1 is 0.864 bits per heavy atom. The van der Waals surface area contributed by atoms with Gasteiger partial charge in [-0.3, -0.25) is 0 Å². The van der Waals surface area contributed by atoms with E-state index in [0.717, 1.165) is 11.1 Å². The zero-order valence-electron chi connectivity index (χ0n) is 11.9. The van der Waals surface area contributed by atoms with E-state index in [2.05, 4.69) is 0 Å². The fourth-order valence-corrected chi connectivity index (χ4v) is 5.53. The molecule has 0 aliphatic carbocycles. The first-order valence-electron chi connectivity index (χ1n) is 6.40. The summed E-state index contributed by atoms with van der Waals surface area (Å²) in [6.45, 7) is 3.77. The summed E-state index contributed by atoms with van der Waals surface area (Å²) in [6.07, 6.45) is -4.98. The first-order valence-corrected chi connectivity index (χ1v) is 9.44. The van der Waals surface area contributed by atoms with Crippen LogP contribution in [0.15, 0.2) is 48.5 Å². The van der Waals surface area contributed by atoms with Gasteiger partial charge in [0.1, 0.15) is 0 Å². The monoisotopic (exact) mass is 422 g/mol. The molecule has 2 aromatic rings. The van der Waals surface area contributed by atoms with Crippen molar-refractivity contribution in [1.82, 2.24) is 0 Å². The van der Waals surface area contributed by atoms with Crippen LogP contribution in [0.3, 0.4) is 0 Å². The van der Waals surface area contributed by atoms with Crippen molar-refractivity contribution >= 4 is 26.2 Å². The normalized spacial score (nSPS) is 12.0. The molecule has 22 heavy (non-hydrogen) atoms. The second-order valence-corrected chi connectivity index (χ2v) is 9.05. The van der Waals surface area contributed by atoms with Crippen LogP contribution in [0.25, 0.3) is 0 Å². The Morgan fingerprint density at radius 3 is 1.55 bits per heavy atom. The van der Waals surface area contributed by atoms with E-state index in [1.807, 2.05) is 13.8 Å². The van der Waals surface area contributed by atoms with Gasteiger partial charge in [0.2, 0.25) is 0 Å². The number of hydrogen-bond acceptors (Lipinski definition) is 2. The third kappa shape index (κ3) is 4.22. The minimum absolute atomic E-state index is 0.649. The number of rotatable bonds is 3. The predicted octanol–water partition coefficient (Wildman–Crippen LogP) is 4.87. The Morgan fingerprint density at radius 2 is 1.23 bits per heavy atom. The molecule has 2 aromatic carbocycles. The van der Waals surface area contributed by atoms with E-state index in [1.165, 1.54) is 0 Å². The standard InChI is InChI=1S/C16H14F3IO2/c1-11-3-7-13(8-4-11)20(22-15(21)16(17,18)19)14-9-5-12(2)6-10-14/h3-10H,1-2H3. The second kappa shape index (κ2) is 6.68. The van der Waals surface area contributed by atoms with Crippen LogP contribution in [0.4, 0.5) is 13.2 Å². The number of carbonyl (C=O) groups excluding carboxylic acids is 1. The maximum absolute atomic E-state index is 12.5. The summed E-state index contributed by atoms with van der Waals surface area (Å²) >= 11 is -2.93. The van der Waals surface area contributed by atoms with E-state index in [4.69, 9.17) is 3.07 Å². The summed E-state index contributed by atoms with van der Waals surface area (Å²) in [5.74, 6) is -2.13. The van der Waals surface area contributed by atoms with Gasteiger partial charge >= 0.3 is 134 Å². The summed E-state index contributed by atoms with van der Waals surface area (Å²) < 4.78 is 43.7. The van der Waals surface area contributed by atoms with Crippen molar-refractivity contribution < 1.29 is 21.0 Å². The van der Waals surface area contributed by atoms with Gasteiger partial charge < -0.3 is 0 Å². The van der Waals surface area contributed by atoms with Crippen molar-refractivity contribution in [3.05, 3.63) is 66.8 Å². The zero-order chi connectivity index (χ0) is 16.3. The average Bonchev–Trinajstić information content (AvgIpc) is 2.46. The van der Waals surface area contributed by atoms with Gasteiger partial charge in [-0.2, -0.15) is 0 Å². The van der Waals surface area contributed by atoms with Gasteiger partial charge in [0.25, 0.3) is 0 Å². The van der Waals surface area contributed by atoms with Crippen LogP contribution >= 0.6 is 20.2 Å². The molecule has 0 aromatic heterocycles. The molecular formula is C16H14F3IO2. The topological polar surface area (TPSA) is 26.3 Å². The van der Waals surface area contributed by atoms with Gasteiger partial charge in [0, 0.05) is 0 Å². The molecule has 2 nitrogen and oxygen atoms in total. The average molecular weight is 422 g/mol. The van der Waals surface area contributed by atoms with Gasteiger partial charge in [-0.25, -0.2) is 0 Å². The van der Waals surface area contributed by atoms with Gasteiger partial charge in [-0.1, -0.05) is 0 Å². The molecule has 0 unspecified atom stereocenters. The summed E-state index contributed by atoms with van der Waals surface area (Å²) in [5.41, 5.74) is 1.98. The van der Waals surface area contributed by atoms with Crippen molar-refractivity contribution in [1.29, 1.82) is 0 Å². The number of carbonyl (C=O) groups is 1. The second-order valence-electron chi connectivity index (χ2n) is 4.70. The molecule has 0 amide bonds. The summed E-state index contributed by atoms with van der Waals surface area (Å²) in [7, 11) is 0. The van der Waals surface area contributed by atoms with Gasteiger partial charge in [-0.05, 0) is 0 Å². The molecule has 0 spiro atoms. The molecule has 0 atom stereocenters. The maximum atomic E-state index is 12.5. The van der Waals surface area contributed by atoms with Crippen LogP contribution in [-0.4, -0.2) is 12.1 Å². The number of hydrogen-bond donors (Lipinski definition) is 0. The summed E-state index contributed by atoms with van der Waals surface area (Å²) in [5, 5.41) is 0. The van der Waals surface area contributed by atoms with Crippen LogP contribution in [0.5, 0.6) is 0 Å². The first-order chi connectivity index (χ1) is 10.3. The van der Waals surface area contributed by atoms with Crippen molar-refractivity contribution in [3.8, 4) is 0 Å². The molecule has 0 saturated carbocycles. The Bertz CT molecular complexity index is 603. The predicted molar refractivity (Wildman–Crippen MR) is 85.9 cm³/mol. The number of aryl methyl sites for hydroxylation is 2. The fraction of sp³-hybridized carbons (Fsp3) is 0.188. The molecule has 0 N–H and O–H groups in total. The van der Waals surface area contributed by atoms with Crippen molar-refractivity contribution in [2.45, 2.75) is 20.0 Å². The van der Waals surface area contributed by atoms with Crippen LogP contribution in [0.2, 0.25) is 0 Å². The van der Waals surface area contributed by atoms with Crippen molar-refractivity contribution in [2.75, 3.05) is 0 Å². The molecule has 0 radical (unpaired) electrons. The SMILES string of the molecule is Cc1ccc(I(OC(=O)C(F)(F)F)c2ccc(C)cc2)cc1. The van der Waals surface area contributed by atoms with Crippen LogP contribution in [0, 0.1) is 21.0 Å². The fourth-order valence-electron chi connectivity index (χ4n) is 1.62. The van der Waals surface area contributed by atoms with Crippen molar-refractivity contribution in [2.24, 2.45) is 0 Å². The van der Waals surface area contributed by atoms with E-state index in [1.54, 1.807) is 48.5 Å². The Kier molecular flexibility index (Phi) is 5.10. The molecule has 0 aliphatic heterocycles. The molecule has 0 fully saturated rings. The third-order valence-corrected chi connectivity index (χ3v) is 7.34.